The van der Waals surface area contributed by atoms with Gasteiger partial charge in [-0.1, -0.05) is 55.5 Å². The number of imidazole rings is 1. The Morgan fingerprint density at radius 1 is 0.869 bits per heavy atom. The third kappa shape index (κ3) is 11.2. The Kier molecular flexibility index (Phi) is 14.1. The number of aryl methyl sites for hydroxylation is 1. The van der Waals surface area contributed by atoms with Gasteiger partial charge >= 0.3 is 17.9 Å². The molecule has 1 saturated heterocycles. The predicted octanol–water partition coefficient (Wildman–Crippen LogP) is 8.09. The maximum Gasteiger partial charge on any atom is 0.341 e. The third-order valence-electron chi connectivity index (χ3n) is 10.8. The highest BCUT2D eigenvalue weighted by molar-refractivity contribution is 5.95. The van der Waals surface area contributed by atoms with E-state index in [-0.39, 0.29) is 22.6 Å². The number of aromatic carboxylic acids is 2. The van der Waals surface area contributed by atoms with E-state index in [2.05, 4.69) is 22.1 Å². The minimum absolute atomic E-state index is 0.144. The molecule has 8 rings (SSSR count). The molecular formula is C47H49FN6O7. The summed E-state index contributed by atoms with van der Waals surface area (Å²) in [6.45, 7) is 11.1. The molecule has 2 fully saturated rings. The summed E-state index contributed by atoms with van der Waals surface area (Å²) in [4.78, 5) is 53.7. The molecular weight excluding hydrogens is 780 g/mol. The third-order valence-corrected chi connectivity index (χ3v) is 10.8. The van der Waals surface area contributed by atoms with Gasteiger partial charge in [0.25, 0.3) is 0 Å². The number of aromatic nitrogens is 3. The first kappa shape index (κ1) is 43.5. The summed E-state index contributed by atoms with van der Waals surface area (Å²) in [7, 11) is 0. The highest BCUT2D eigenvalue weighted by Gasteiger charge is 2.28. The number of nitrogens with one attached hydrogen (secondary N) is 1. The Morgan fingerprint density at radius 3 is 2.18 bits per heavy atom. The number of para-hydroxylation sites is 1. The zero-order valence-corrected chi connectivity index (χ0v) is 34.3. The number of benzene rings is 4. The SMILES string of the molecule is CCN1CCN(c2cc3c(cc2F)c(=O)c(C(=O)O)cn3C2CC2)CC1.Cc1cccc(Nc2ccccc2C(=O)O)c1C.O=C(O)/C=C/c1ccc(Cn2ccnc2)cc1. The van der Waals surface area contributed by atoms with Gasteiger partial charge in [-0.3, -0.25) is 4.79 Å². The number of nitrogens with zero attached hydrogens (tertiary/aromatic N) is 5. The van der Waals surface area contributed by atoms with Crippen LogP contribution in [0.3, 0.4) is 0 Å². The maximum atomic E-state index is 14.8. The number of pyridine rings is 1. The molecule has 316 valence electrons. The Bertz CT molecular complexity index is 2590. The van der Waals surface area contributed by atoms with E-state index in [1.807, 2.05) is 82.6 Å². The molecule has 6 aromatic rings. The summed E-state index contributed by atoms with van der Waals surface area (Å²) in [5, 5.41) is 30.3. The second-order valence-corrected chi connectivity index (χ2v) is 14.9. The molecule has 4 aromatic carbocycles. The summed E-state index contributed by atoms with van der Waals surface area (Å²) < 4.78 is 18.6. The zero-order valence-electron chi connectivity index (χ0n) is 34.3. The van der Waals surface area contributed by atoms with Crippen molar-refractivity contribution >= 4 is 51.9 Å². The molecule has 4 N–H and O–H groups in total. The Balaban J connectivity index is 0.000000158. The van der Waals surface area contributed by atoms with Crippen molar-refractivity contribution in [2.24, 2.45) is 0 Å². The number of fused-ring (bicyclic) bond motifs is 1. The molecule has 14 heteroatoms. The topological polar surface area (TPSA) is 170 Å². The molecule has 1 saturated carbocycles. The number of aliphatic carboxylic acids is 1. The van der Waals surface area contributed by atoms with Crippen molar-refractivity contribution < 1.29 is 34.1 Å². The maximum absolute atomic E-state index is 14.8. The summed E-state index contributed by atoms with van der Waals surface area (Å²) in [5.41, 5.74) is 6.34. The van der Waals surface area contributed by atoms with Gasteiger partial charge in [0.15, 0.2) is 0 Å². The lowest BCUT2D eigenvalue weighted by molar-refractivity contribution is -0.131. The van der Waals surface area contributed by atoms with Crippen molar-refractivity contribution in [2.45, 2.75) is 46.2 Å². The van der Waals surface area contributed by atoms with Crippen LogP contribution in [0.2, 0.25) is 0 Å². The standard InChI is InChI=1S/C19H22FN3O3.C15H15NO2.C13H12N2O2/c1-2-21-5-7-22(8-6-21)17-10-16-13(9-15(17)20)18(24)14(19(25)26)11-23(16)12-3-4-12;1-10-6-5-9-13(11(10)2)16-14-8-4-3-7-12(14)15(17)18;16-13(17)6-5-11-1-3-12(4-2-11)9-15-8-7-14-10-15/h9-12H,2-8H2,1H3,(H,25,26);3-9,16H,1-2H3,(H,17,18);1-8,10H,9H2,(H,16,17)/b;;6-5+. The molecule has 0 bridgehead atoms. The van der Waals surface area contributed by atoms with Crippen molar-refractivity contribution in [1.82, 2.24) is 19.0 Å². The van der Waals surface area contributed by atoms with Crippen LogP contribution in [-0.4, -0.2) is 85.0 Å². The van der Waals surface area contributed by atoms with Crippen molar-refractivity contribution in [2.75, 3.05) is 42.9 Å². The van der Waals surface area contributed by atoms with Crippen LogP contribution >= 0.6 is 0 Å². The summed E-state index contributed by atoms with van der Waals surface area (Å²) in [5.74, 6) is -3.60. The van der Waals surface area contributed by atoms with Crippen LogP contribution in [0.1, 0.15) is 68.8 Å². The Labute approximate surface area is 352 Å². The van der Waals surface area contributed by atoms with Crippen LogP contribution in [0, 0.1) is 19.7 Å². The zero-order chi connectivity index (χ0) is 43.6. The van der Waals surface area contributed by atoms with E-state index >= 15 is 0 Å². The molecule has 1 aliphatic heterocycles. The molecule has 0 radical (unpaired) electrons. The first-order chi connectivity index (χ1) is 29.3. The molecule has 2 aliphatic rings. The van der Waals surface area contributed by atoms with E-state index in [9.17, 15) is 28.7 Å². The number of rotatable bonds is 11. The van der Waals surface area contributed by atoms with E-state index in [0.717, 1.165) is 80.6 Å². The number of carboxylic acid groups (broad SMARTS) is 3. The van der Waals surface area contributed by atoms with Gasteiger partial charge in [-0.05, 0) is 91.9 Å². The van der Waals surface area contributed by atoms with Gasteiger partial charge in [-0.25, -0.2) is 23.8 Å². The van der Waals surface area contributed by atoms with E-state index in [1.54, 1.807) is 42.9 Å². The Hall–Kier alpha value is -7.06. The van der Waals surface area contributed by atoms with Crippen LogP contribution < -0.4 is 15.6 Å². The lowest BCUT2D eigenvalue weighted by atomic mass is 10.1. The fourth-order valence-electron chi connectivity index (χ4n) is 7.02. The number of carbonyl (C=O) groups is 3. The number of piperazine rings is 1. The number of carboxylic acids is 3. The molecule has 0 amide bonds. The number of anilines is 3. The fraction of sp³-hybridized carbons (Fsp3) is 0.255. The quantitative estimate of drug-likeness (QED) is 0.0932. The van der Waals surface area contributed by atoms with Crippen molar-refractivity contribution in [3.8, 4) is 0 Å². The predicted molar refractivity (Wildman–Crippen MR) is 235 cm³/mol. The highest BCUT2D eigenvalue weighted by Crippen LogP contribution is 2.38. The highest BCUT2D eigenvalue weighted by atomic mass is 19.1. The minimum atomic E-state index is -1.27. The molecule has 13 nitrogen and oxygen atoms in total. The molecule has 0 atom stereocenters. The van der Waals surface area contributed by atoms with E-state index < -0.39 is 29.2 Å². The number of likely N-dealkylation sites (N-methyl/N-ethyl adjacent to an activating group) is 1. The molecule has 2 aromatic heterocycles. The van der Waals surface area contributed by atoms with Crippen molar-refractivity contribution in [3.05, 3.63) is 159 Å². The van der Waals surface area contributed by atoms with Gasteiger partial charge in [0.05, 0.1) is 28.8 Å². The average molecular weight is 829 g/mol. The van der Waals surface area contributed by atoms with Gasteiger partial charge in [-0.2, -0.15) is 0 Å². The normalized spacial score (nSPS) is 13.9. The summed E-state index contributed by atoms with van der Waals surface area (Å²) in [6.07, 6.45) is 11.4. The minimum Gasteiger partial charge on any atom is -0.478 e. The van der Waals surface area contributed by atoms with Crippen LogP contribution in [-0.2, 0) is 11.3 Å². The molecule has 0 unspecified atom stereocenters. The van der Waals surface area contributed by atoms with Crippen molar-refractivity contribution in [3.63, 3.8) is 0 Å². The summed E-state index contributed by atoms with van der Waals surface area (Å²) >= 11 is 0. The second kappa shape index (κ2) is 19.8. The fourth-order valence-corrected chi connectivity index (χ4v) is 7.02. The van der Waals surface area contributed by atoms with Crippen LogP contribution in [0.15, 0.2) is 115 Å². The number of hydrogen-bond acceptors (Lipinski definition) is 8. The molecule has 3 heterocycles. The molecule has 0 spiro atoms. The number of hydrogen-bond donors (Lipinski definition) is 4. The summed E-state index contributed by atoms with van der Waals surface area (Å²) in [6, 6.07) is 23.7. The first-order valence-corrected chi connectivity index (χ1v) is 20.0. The van der Waals surface area contributed by atoms with Crippen LogP contribution in [0.25, 0.3) is 17.0 Å². The molecule has 61 heavy (non-hydrogen) atoms. The van der Waals surface area contributed by atoms with Gasteiger partial charge in [0.2, 0.25) is 5.43 Å². The lowest BCUT2D eigenvalue weighted by Gasteiger charge is -2.35. The Morgan fingerprint density at radius 2 is 1.56 bits per heavy atom. The number of halogens is 1. The first-order valence-electron chi connectivity index (χ1n) is 20.0. The van der Waals surface area contributed by atoms with Crippen LogP contribution in [0.5, 0.6) is 0 Å². The van der Waals surface area contributed by atoms with Crippen molar-refractivity contribution in [1.29, 1.82) is 0 Å². The van der Waals surface area contributed by atoms with E-state index in [1.165, 1.54) is 17.8 Å². The second-order valence-electron chi connectivity index (χ2n) is 14.9. The average Bonchev–Trinajstić information content (AvgIpc) is 3.97. The van der Waals surface area contributed by atoms with Crippen LogP contribution in [0.4, 0.5) is 21.5 Å². The van der Waals surface area contributed by atoms with E-state index in [4.69, 9.17) is 10.2 Å². The van der Waals surface area contributed by atoms with Gasteiger partial charge < -0.3 is 39.6 Å². The largest absolute Gasteiger partial charge is 0.478 e. The van der Waals surface area contributed by atoms with Gasteiger partial charge in [0.1, 0.15) is 11.4 Å². The van der Waals surface area contributed by atoms with Gasteiger partial charge in [0, 0.05) is 74.5 Å². The monoisotopic (exact) mass is 828 g/mol. The van der Waals surface area contributed by atoms with Gasteiger partial charge in [-0.15, -0.1) is 0 Å². The van der Waals surface area contributed by atoms with E-state index in [0.29, 0.717) is 16.9 Å². The molecule has 1 aliphatic carbocycles. The lowest BCUT2D eigenvalue weighted by Crippen LogP contribution is -2.46. The smallest absolute Gasteiger partial charge is 0.341 e.